The average molecular weight is 832 g/mol. The molecular formula is C49H61N5O7. The third-order valence-electron chi connectivity index (χ3n) is 15.6. The number of carbonyl (C=O) groups excluding carboxylic acids is 3. The molecule has 5 aliphatic heterocycles. The Labute approximate surface area is 358 Å². The summed E-state index contributed by atoms with van der Waals surface area (Å²) in [6.45, 7) is 15.0. The Morgan fingerprint density at radius 2 is 1.85 bits per heavy atom. The van der Waals surface area contributed by atoms with Gasteiger partial charge in [0.1, 0.15) is 22.9 Å². The maximum Gasteiger partial charge on any atom is 0.322 e. The van der Waals surface area contributed by atoms with Crippen LogP contribution in [-0.4, -0.2) is 122 Å². The van der Waals surface area contributed by atoms with Gasteiger partial charge in [-0.25, -0.2) is 0 Å². The lowest BCUT2D eigenvalue weighted by atomic mass is 9.47. The molecule has 9 atom stereocenters. The van der Waals surface area contributed by atoms with Crippen LogP contribution in [0.25, 0.3) is 10.9 Å². The largest absolute Gasteiger partial charge is 0.496 e. The number of hydrogen-bond donors (Lipinski definition) is 3. The summed E-state index contributed by atoms with van der Waals surface area (Å²) in [4.78, 5) is 52.8. The summed E-state index contributed by atoms with van der Waals surface area (Å²) in [6.07, 6.45) is 9.04. The molecule has 9 rings (SSSR count). The van der Waals surface area contributed by atoms with Gasteiger partial charge in [-0.2, -0.15) is 0 Å². The van der Waals surface area contributed by atoms with Gasteiger partial charge >= 0.3 is 11.9 Å². The van der Waals surface area contributed by atoms with Crippen molar-refractivity contribution in [2.75, 3.05) is 65.4 Å². The molecule has 1 saturated carbocycles. The number of anilines is 1. The quantitative estimate of drug-likeness (QED) is 0.148. The summed E-state index contributed by atoms with van der Waals surface area (Å²) >= 11 is 0. The fourth-order valence-electron chi connectivity index (χ4n) is 13.4. The molecule has 1 aromatic heterocycles. The number of esters is 2. The van der Waals surface area contributed by atoms with Crippen LogP contribution < -0.4 is 15.0 Å². The SMILES string of the molecule is C=C(C)C(=O)NCC1(O)[C@H](OC(C)=O)[C@]2(CC)C=CCN3CC[C@@]4(c5cc([C@@]6(C(=O)OC)C[C@@H]7C=C(CC)CN(CCc8c6[nH]c6ccccc86)C7)c(OC)cc5N(C)[C@@H]14)[C@@H]32. The molecule has 2 unspecified atom stereocenters. The molecule has 3 aromatic rings. The maximum atomic E-state index is 15.4. The number of fused-ring (bicyclic) bond motifs is 6. The Kier molecular flexibility index (Phi) is 10.1. The number of aliphatic hydroxyl groups is 1. The minimum atomic E-state index is -1.78. The first kappa shape index (κ1) is 41.4. The molecule has 1 spiro atoms. The van der Waals surface area contributed by atoms with Gasteiger partial charge < -0.3 is 34.5 Å². The Morgan fingerprint density at radius 1 is 1.07 bits per heavy atom. The molecule has 324 valence electrons. The van der Waals surface area contributed by atoms with Crippen molar-refractivity contribution in [1.29, 1.82) is 0 Å². The molecule has 0 radical (unpaired) electrons. The van der Waals surface area contributed by atoms with E-state index in [2.05, 4.69) is 87.9 Å². The Hall–Kier alpha value is -4.91. The number of likely N-dealkylation sites (N-methyl/N-ethyl adjacent to an activating group) is 1. The molecule has 2 aromatic carbocycles. The second-order valence-electron chi connectivity index (χ2n) is 18.6. The highest BCUT2D eigenvalue weighted by Crippen LogP contribution is 2.68. The fourth-order valence-corrected chi connectivity index (χ4v) is 13.4. The molecule has 61 heavy (non-hydrogen) atoms. The van der Waals surface area contributed by atoms with Crippen LogP contribution in [0, 0.1) is 11.3 Å². The molecule has 12 nitrogen and oxygen atoms in total. The lowest BCUT2D eigenvalue weighted by Gasteiger charge is -2.64. The third kappa shape index (κ3) is 5.77. The molecular weight excluding hydrogens is 771 g/mol. The van der Waals surface area contributed by atoms with Crippen LogP contribution >= 0.6 is 0 Å². The minimum Gasteiger partial charge on any atom is -0.496 e. The Morgan fingerprint density at radius 3 is 2.56 bits per heavy atom. The number of ether oxygens (including phenoxy) is 3. The number of para-hydroxylation sites is 1. The first-order chi connectivity index (χ1) is 29.2. The molecule has 12 heteroatoms. The lowest BCUT2D eigenvalue weighted by Crippen LogP contribution is -2.81. The maximum absolute atomic E-state index is 15.4. The van der Waals surface area contributed by atoms with E-state index in [0.29, 0.717) is 37.1 Å². The standard InChI is InChI=1S/C49H61N5O7/c1-9-31-22-32-25-48(45(57)60-8,40-34(16-20-53(26-31)27-32)33-14-11-12-15-37(33)51-40)36-23-35-38(24-39(36)59-7)52(6)43-47(35)18-21-54-19-13-17-46(10-2,42(47)54)44(61-30(5)55)49(43,58)28-50-41(56)29(3)4/h11-15,17,22-24,32,42-44,51,58H,3,9-10,16,18-21,25-28H2,1-2,4-8H3,(H,50,56)/t32-,42-,43+,44+,46+,47+,48-,49?/m0/s1. The number of amides is 1. The number of carbonyl (C=O) groups is 3. The van der Waals surface area contributed by atoms with E-state index >= 15 is 4.79 Å². The number of nitrogens with zero attached hydrogens (tertiary/aromatic N) is 3. The van der Waals surface area contributed by atoms with E-state index in [1.165, 1.54) is 19.6 Å². The van der Waals surface area contributed by atoms with E-state index < -0.39 is 40.0 Å². The highest BCUT2D eigenvalue weighted by atomic mass is 16.6. The van der Waals surface area contributed by atoms with Crippen LogP contribution in [-0.2, 0) is 41.1 Å². The first-order valence-electron chi connectivity index (χ1n) is 22.0. The number of nitrogens with one attached hydrogen (secondary N) is 2. The van der Waals surface area contributed by atoms with E-state index in [1.54, 1.807) is 14.0 Å². The van der Waals surface area contributed by atoms with Crippen molar-refractivity contribution in [1.82, 2.24) is 20.1 Å². The monoisotopic (exact) mass is 831 g/mol. The summed E-state index contributed by atoms with van der Waals surface area (Å²) in [7, 11) is 5.12. The Balaban J connectivity index is 1.35. The van der Waals surface area contributed by atoms with Crippen molar-refractivity contribution in [3.8, 4) is 5.75 Å². The summed E-state index contributed by atoms with van der Waals surface area (Å²) in [5, 5.41) is 17.8. The van der Waals surface area contributed by atoms with Crippen LogP contribution in [0.5, 0.6) is 5.75 Å². The van der Waals surface area contributed by atoms with E-state index in [4.69, 9.17) is 14.2 Å². The summed E-state index contributed by atoms with van der Waals surface area (Å²) in [5.74, 6) is -0.679. The van der Waals surface area contributed by atoms with Crippen molar-refractivity contribution >= 4 is 34.4 Å². The topological polar surface area (TPSA) is 137 Å². The first-order valence-corrected chi connectivity index (χ1v) is 22.0. The van der Waals surface area contributed by atoms with Crippen molar-refractivity contribution in [3.05, 3.63) is 94.7 Å². The van der Waals surface area contributed by atoms with Crippen LogP contribution in [0.4, 0.5) is 5.69 Å². The van der Waals surface area contributed by atoms with Crippen LogP contribution in [0.2, 0.25) is 0 Å². The predicted molar refractivity (Wildman–Crippen MR) is 235 cm³/mol. The van der Waals surface area contributed by atoms with Gasteiger partial charge in [0.2, 0.25) is 5.91 Å². The van der Waals surface area contributed by atoms with Gasteiger partial charge in [-0.05, 0) is 74.8 Å². The van der Waals surface area contributed by atoms with Crippen molar-refractivity contribution in [3.63, 3.8) is 0 Å². The number of rotatable bonds is 9. The predicted octanol–water partition coefficient (Wildman–Crippen LogP) is 5.32. The van der Waals surface area contributed by atoms with Gasteiger partial charge in [0, 0.05) is 96.5 Å². The molecule has 1 amide bonds. The van der Waals surface area contributed by atoms with Gasteiger partial charge in [0.25, 0.3) is 0 Å². The van der Waals surface area contributed by atoms with Crippen LogP contribution in [0.15, 0.2) is 72.4 Å². The molecule has 6 heterocycles. The van der Waals surface area contributed by atoms with E-state index in [0.717, 1.165) is 78.0 Å². The van der Waals surface area contributed by atoms with Crippen molar-refractivity contribution < 1.29 is 33.7 Å². The number of H-pyrrole nitrogens is 1. The smallest absolute Gasteiger partial charge is 0.322 e. The van der Waals surface area contributed by atoms with Gasteiger partial charge in [0.05, 0.1) is 26.8 Å². The molecule has 2 fully saturated rings. The molecule has 2 bridgehead atoms. The average Bonchev–Trinajstić information content (AvgIpc) is 3.92. The summed E-state index contributed by atoms with van der Waals surface area (Å²) < 4.78 is 18.8. The molecule has 3 N–H and O–H groups in total. The van der Waals surface area contributed by atoms with Crippen LogP contribution in [0.3, 0.4) is 0 Å². The summed E-state index contributed by atoms with van der Waals surface area (Å²) in [5.41, 5.74) is 2.45. The lowest BCUT2D eigenvalue weighted by molar-refractivity contribution is -0.217. The third-order valence-corrected chi connectivity index (χ3v) is 15.6. The van der Waals surface area contributed by atoms with Gasteiger partial charge in [0.15, 0.2) is 0 Å². The highest BCUT2D eigenvalue weighted by Gasteiger charge is 2.78. The molecule has 1 saturated heterocycles. The van der Waals surface area contributed by atoms with E-state index in [9.17, 15) is 14.7 Å². The number of hydrogen-bond acceptors (Lipinski definition) is 10. The van der Waals surface area contributed by atoms with Gasteiger partial charge in [-0.15, -0.1) is 0 Å². The number of aromatic amines is 1. The van der Waals surface area contributed by atoms with Crippen molar-refractivity contribution in [2.24, 2.45) is 11.3 Å². The summed E-state index contributed by atoms with van der Waals surface area (Å²) in [6, 6.07) is 11.7. The zero-order valence-corrected chi connectivity index (χ0v) is 36.7. The minimum absolute atomic E-state index is 0.0334. The van der Waals surface area contributed by atoms with Crippen molar-refractivity contribution in [2.45, 2.75) is 94.4 Å². The Bertz CT molecular complexity index is 2390. The van der Waals surface area contributed by atoms with E-state index in [-0.39, 0.29) is 30.4 Å². The van der Waals surface area contributed by atoms with Gasteiger partial charge in [-0.3, -0.25) is 24.2 Å². The zero-order chi connectivity index (χ0) is 43.2. The molecule has 1 aliphatic carbocycles. The number of aromatic nitrogens is 1. The van der Waals surface area contributed by atoms with E-state index in [1.807, 2.05) is 19.2 Å². The second kappa shape index (κ2) is 14.9. The van der Waals surface area contributed by atoms with Gasteiger partial charge in [-0.1, -0.05) is 62.4 Å². The second-order valence-corrected chi connectivity index (χ2v) is 18.6. The number of benzene rings is 2. The highest BCUT2D eigenvalue weighted by molar-refractivity contribution is 5.95. The number of methoxy groups -OCH3 is 2. The normalized spacial score (nSPS) is 33.5. The fraction of sp³-hybridized carbons (Fsp3) is 0.531. The zero-order valence-electron chi connectivity index (χ0n) is 36.7. The van der Waals surface area contributed by atoms with Crippen LogP contribution in [0.1, 0.15) is 75.8 Å². The molecule has 6 aliphatic rings.